The van der Waals surface area contributed by atoms with Crippen molar-refractivity contribution in [2.75, 3.05) is 20.3 Å². The van der Waals surface area contributed by atoms with E-state index in [0.29, 0.717) is 12.1 Å². The summed E-state index contributed by atoms with van der Waals surface area (Å²) in [4.78, 5) is 0. The molecular formula is C17H31N3O. The van der Waals surface area contributed by atoms with Gasteiger partial charge in [-0.3, -0.25) is 4.68 Å². The fourth-order valence-electron chi connectivity index (χ4n) is 3.21. The number of methoxy groups -OCH3 is 1. The zero-order chi connectivity index (χ0) is 14.9. The van der Waals surface area contributed by atoms with Crippen molar-refractivity contribution in [3.63, 3.8) is 0 Å². The molecule has 1 aliphatic rings. The standard InChI is InChI=1S/C17H31N3O/c1-3-11-18-15(7-6-13-21-2)14-16-10-12-20(19-16)17-8-4-5-9-17/h10,12,15,17-18H,3-9,11,13-14H2,1-2H3. The van der Waals surface area contributed by atoms with E-state index in [1.165, 1.54) is 37.8 Å². The predicted molar refractivity (Wildman–Crippen MR) is 86.6 cm³/mol. The first kappa shape index (κ1) is 16.5. The number of ether oxygens (including phenoxy) is 1. The molecule has 1 saturated carbocycles. The first-order chi connectivity index (χ1) is 10.3. The minimum atomic E-state index is 0.520. The van der Waals surface area contributed by atoms with Crippen molar-refractivity contribution in [3.05, 3.63) is 18.0 Å². The van der Waals surface area contributed by atoms with Gasteiger partial charge in [0.25, 0.3) is 0 Å². The number of hydrogen-bond acceptors (Lipinski definition) is 3. The lowest BCUT2D eigenvalue weighted by atomic mass is 10.1. The molecule has 0 aromatic carbocycles. The summed E-state index contributed by atoms with van der Waals surface area (Å²) in [5, 5.41) is 8.46. The maximum Gasteiger partial charge on any atom is 0.0640 e. The highest BCUT2D eigenvalue weighted by Gasteiger charge is 2.18. The van der Waals surface area contributed by atoms with Crippen LogP contribution in [-0.4, -0.2) is 36.1 Å². The fourth-order valence-corrected chi connectivity index (χ4v) is 3.21. The minimum Gasteiger partial charge on any atom is -0.385 e. The first-order valence-corrected chi connectivity index (χ1v) is 8.59. The van der Waals surface area contributed by atoms with Crippen LogP contribution in [0.5, 0.6) is 0 Å². The van der Waals surface area contributed by atoms with Crippen LogP contribution in [0.1, 0.15) is 63.6 Å². The van der Waals surface area contributed by atoms with Gasteiger partial charge >= 0.3 is 0 Å². The molecule has 2 rings (SSSR count). The van der Waals surface area contributed by atoms with Crippen LogP contribution in [-0.2, 0) is 11.2 Å². The molecular weight excluding hydrogens is 262 g/mol. The molecule has 0 spiro atoms. The van der Waals surface area contributed by atoms with Crippen molar-refractivity contribution >= 4 is 0 Å². The molecule has 0 radical (unpaired) electrons. The largest absolute Gasteiger partial charge is 0.385 e. The van der Waals surface area contributed by atoms with E-state index in [2.05, 4.69) is 29.2 Å². The third-order valence-corrected chi connectivity index (χ3v) is 4.40. The molecule has 1 aromatic heterocycles. The molecule has 1 unspecified atom stereocenters. The van der Waals surface area contributed by atoms with Gasteiger partial charge in [-0.15, -0.1) is 0 Å². The van der Waals surface area contributed by atoms with Crippen molar-refractivity contribution in [2.45, 2.75) is 70.4 Å². The van der Waals surface area contributed by atoms with Gasteiger partial charge in [0.05, 0.1) is 11.7 Å². The molecule has 0 amide bonds. The molecule has 1 atom stereocenters. The van der Waals surface area contributed by atoms with Gasteiger partial charge < -0.3 is 10.1 Å². The van der Waals surface area contributed by atoms with Crippen LogP contribution in [0.2, 0.25) is 0 Å². The van der Waals surface area contributed by atoms with Crippen LogP contribution in [0.4, 0.5) is 0 Å². The predicted octanol–water partition coefficient (Wildman–Crippen LogP) is 3.34. The second-order valence-corrected chi connectivity index (χ2v) is 6.22. The lowest BCUT2D eigenvalue weighted by molar-refractivity contribution is 0.188. The van der Waals surface area contributed by atoms with E-state index in [1.807, 2.05) is 0 Å². The van der Waals surface area contributed by atoms with Gasteiger partial charge in [-0.25, -0.2) is 0 Å². The average molecular weight is 293 g/mol. The zero-order valence-corrected chi connectivity index (χ0v) is 13.7. The Bertz CT molecular complexity index is 385. The number of nitrogens with one attached hydrogen (secondary N) is 1. The highest BCUT2D eigenvalue weighted by molar-refractivity contribution is 5.02. The van der Waals surface area contributed by atoms with Crippen LogP contribution in [0, 0.1) is 0 Å². The maximum atomic E-state index is 5.17. The molecule has 1 heterocycles. The second-order valence-electron chi connectivity index (χ2n) is 6.22. The topological polar surface area (TPSA) is 39.1 Å². The Hall–Kier alpha value is -0.870. The Morgan fingerprint density at radius 1 is 1.43 bits per heavy atom. The normalized spacial score (nSPS) is 17.4. The molecule has 120 valence electrons. The van der Waals surface area contributed by atoms with E-state index in [4.69, 9.17) is 9.84 Å². The molecule has 4 heteroatoms. The van der Waals surface area contributed by atoms with E-state index < -0.39 is 0 Å². The second kappa shape index (κ2) is 9.21. The molecule has 1 aromatic rings. The fraction of sp³-hybridized carbons (Fsp3) is 0.824. The van der Waals surface area contributed by atoms with Gasteiger partial charge in [0.15, 0.2) is 0 Å². The molecule has 0 aliphatic heterocycles. The Balaban J connectivity index is 1.85. The smallest absolute Gasteiger partial charge is 0.0640 e. The Labute approximate surface area is 129 Å². The minimum absolute atomic E-state index is 0.520. The van der Waals surface area contributed by atoms with Gasteiger partial charge in [-0.1, -0.05) is 19.8 Å². The lowest BCUT2D eigenvalue weighted by Crippen LogP contribution is -2.32. The van der Waals surface area contributed by atoms with E-state index >= 15 is 0 Å². The first-order valence-electron chi connectivity index (χ1n) is 8.59. The molecule has 0 saturated heterocycles. The summed E-state index contributed by atoms with van der Waals surface area (Å²) in [7, 11) is 1.78. The summed E-state index contributed by atoms with van der Waals surface area (Å²) in [6.07, 6.45) is 12.0. The van der Waals surface area contributed by atoms with Gasteiger partial charge in [-0.05, 0) is 44.7 Å². The highest BCUT2D eigenvalue weighted by Crippen LogP contribution is 2.28. The Morgan fingerprint density at radius 2 is 2.24 bits per heavy atom. The van der Waals surface area contributed by atoms with Gasteiger partial charge in [0.2, 0.25) is 0 Å². The van der Waals surface area contributed by atoms with Gasteiger partial charge in [0.1, 0.15) is 0 Å². The number of rotatable bonds is 10. The van der Waals surface area contributed by atoms with Gasteiger partial charge in [-0.2, -0.15) is 5.10 Å². The van der Waals surface area contributed by atoms with Crippen LogP contribution < -0.4 is 5.32 Å². The van der Waals surface area contributed by atoms with Crippen molar-refractivity contribution in [2.24, 2.45) is 0 Å². The number of nitrogens with zero attached hydrogens (tertiary/aromatic N) is 2. The SMILES string of the molecule is CCCNC(CCCOC)Cc1ccn(C2CCCC2)n1. The summed E-state index contributed by atoms with van der Waals surface area (Å²) < 4.78 is 7.37. The molecule has 1 aliphatic carbocycles. The van der Waals surface area contributed by atoms with E-state index in [-0.39, 0.29) is 0 Å². The molecule has 4 nitrogen and oxygen atoms in total. The van der Waals surface area contributed by atoms with Gasteiger partial charge in [0, 0.05) is 32.4 Å². The summed E-state index contributed by atoms with van der Waals surface area (Å²) in [5.41, 5.74) is 1.23. The lowest BCUT2D eigenvalue weighted by Gasteiger charge is -2.17. The molecule has 1 N–H and O–H groups in total. The monoisotopic (exact) mass is 293 g/mol. The summed E-state index contributed by atoms with van der Waals surface area (Å²) in [6.45, 7) is 4.15. The van der Waals surface area contributed by atoms with Crippen LogP contribution in [0.25, 0.3) is 0 Å². The highest BCUT2D eigenvalue weighted by atomic mass is 16.5. The number of aromatic nitrogens is 2. The van der Waals surface area contributed by atoms with Crippen LogP contribution >= 0.6 is 0 Å². The van der Waals surface area contributed by atoms with Crippen molar-refractivity contribution < 1.29 is 4.74 Å². The van der Waals surface area contributed by atoms with Crippen molar-refractivity contribution in [3.8, 4) is 0 Å². The van der Waals surface area contributed by atoms with Crippen LogP contribution in [0.3, 0.4) is 0 Å². The molecule has 0 bridgehead atoms. The van der Waals surface area contributed by atoms with Crippen LogP contribution in [0.15, 0.2) is 12.3 Å². The third kappa shape index (κ3) is 5.44. The Morgan fingerprint density at radius 3 is 2.95 bits per heavy atom. The maximum absolute atomic E-state index is 5.17. The third-order valence-electron chi connectivity index (χ3n) is 4.40. The molecule has 1 fully saturated rings. The quantitative estimate of drug-likeness (QED) is 0.673. The number of hydrogen-bond donors (Lipinski definition) is 1. The van der Waals surface area contributed by atoms with E-state index in [9.17, 15) is 0 Å². The van der Waals surface area contributed by atoms with E-state index in [1.54, 1.807) is 7.11 Å². The van der Waals surface area contributed by atoms with Crippen molar-refractivity contribution in [1.82, 2.24) is 15.1 Å². The molecule has 21 heavy (non-hydrogen) atoms. The van der Waals surface area contributed by atoms with E-state index in [0.717, 1.165) is 32.4 Å². The summed E-state index contributed by atoms with van der Waals surface area (Å²) in [5.74, 6) is 0. The summed E-state index contributed by atoms with van der Waals surface area (Å²) in [6, 6.07) is 3.37. The van der Waals surface area contributed by atoms with Crippen molar-refractivity contribution in [1.29, 1.82) is 0 Å². The summed E-state index contributed by atoms with van der Waals surface area (Å²) >= 11 is 0. The average Bonchev–Trinajstić information content (AvgIpc) is 3.15. The zero-order valence-electron chi connectivity index (χ0n) is 13.7. The Kier molecular flexibility index (Phi) is 7.24.